The summed E-state index contributed by atoms with van der Waals surface area (Å²) in [6.45, 7) is 4.07. The van der Waals surface area contributed by atoms with Crippen LogP contribution in [0.4, 0.5) is 5.69 Å². The molecule has 2 aromatic heterocycles. The van der Waals surface area contributed by atoms with Crippen LogP contribution >= 0.6 is 0 Å². The summed E-state index contributed by atoms with van der Waals surface area (Å²) in [5.74, 6) is 0.439. The Morgan fingerprint density at radius 1 is 1.31 bits per heavy atom. The fraction of sp³-hybridized carbons (Fsp3) is 0.375. The van der Waals surface area contributed by atoms with Gasteiger partial charge in [0.25, 0.3) is 5.91 Å². The first-order valence-electron chi connectivity index (χ1n) is 10.8. The van der Waals surface area contributed by atoms with E-state index in [1.807, 2.05) is 25.1 Å². The van der Waals surface area contributed by atoms with E-state index in [2.05, 4.69) is 14.9 Å². The molecule has 1 atom stereocenters. The van der Waals surface area contributed by atoms with Crippen LogP contribution in [0.2, 0.25) is 0 Å². The zero-order valence-corrected chi connectivity index (χ0v) is 18.5. The van der Waals surface area contributed by atoms with Crippen molar-refractivity contribution in [3.8, 4) is 5.75 Å². The van der Waals surface area contributed by atoms with Gasteiger partial charge in [-0.05, 0) is 49.7 Å². The Morgan fingerprint density at radius 3 is 2.97 bits per heavy atom. The molecule has 1 aromatic carbocycles. The molecule has 168 valence electrons. The molecular weight excluding hydrogens is 406 g/mol. The molecule has 0 saturated carbocycles. The SMILES string of the molecule is Cc1ccc2nccc(N3CCC(O)(CN(C)C(=O)c4cccc(OCCN)c4)C3)c2n1. The van der Waals surface area contributed by atoms with Crippen molar-refractivity contribution in [2.45, 2.75) is 18.9 Å². The van der Waals surface area contributed by atoms with Gasteiger partial charge in [0.2, 0.25) is 0 Å². The molecule has 8 nitrogen and oxygen atoms in total. The number of aryl methyl sites for hydroxylation is 1. The second-order valence-electron chi connectivity index (χ2n) is 8.37. The predicted octanol–water partition coefficient (Wildman–Crippen LogP) is 1.99. The molecule has 8 heteroatoms. The fourth-order valence-electron chi connectivity index (χ4n) is 4.18. The maximum absolute atomic E-state index is 13.0. The Kier molecular flexibility index (Phi) is 6.25. The number of nitrogens with two attached hydrogens (primary N) is 1. The van der Waals surface area contributed by atoms with Gasteiger partial charge in [0.05, 0.1) is 17.7 Å². The van der Waals surface area contributed by atoms with E-state index in [9.17, 15) is 9.90 Å². The molecule has 0 aliphatic carbocycles. The third kappa shape index (κ3) is 4.66. The lowest BCUT2D eigenvalue weighted by molar-refractivity contribution is 0.0264. The van der Waals surface area contributed by atoms with Crippen LogP contribution in [0.25, 0.3) is 11.0 Å². The molecule has 1 saturated heterocycles. The van der Waals surface area contributed by atoms with Gasteiger partial charge in [-0.25, -0.2) is 4.98 Å². The van der Waals surface area contributed by atoms with E-state index in [-0.39, 0.29) is 12.5 Å². The number of carbonyl (C=O) groups excluding carboxylic acids is 1. The maximum atomic E-state index is 13.0. The normalized spacial score (nSPS) is 18.2. The predicted molar refractivity (Wildman–Crippen MR) is 124 cm³/mol. The van der Waals surface area contributed by atoms with Crippen molar-refractivity contribution in [1.82, 2.24) is 14.9 Å². The Labute approximate surface area is 187 Å². The monoisotopic (exact) mass is 435 g/mol. The molecule has 4 rings (SSSR count). The minimum Gasteiger partial charge on any atom is -0.492 e. The average molecular weight is 436 g/mol. The van der Waals surface area contributed by atoms with E-state index in [4.69, 9.17) is 10.5 Å². The number of nitrogens with zero attached hydrogens (tertiary/aromatic N) is 4. The minimum absolute atomic E-state index is 0.165. The zero-order valence-electron chi connectivity index (χ0n) is 18.5. The van der Waals surface area contributed by atoms with Gasteiger partial charge in [0, 0.05) is 44.1 Å². The molecule has 3 heterocycles. The molecule has 0 radical (unpaired) electrons. The molecule has 1 unspecified atom stereocenters. The summed E-state index contributed by atoms with van der Waals surface area (Å²) in [5, 5.41) is 11.3. The van der Waals surface area contributed by atoms with Crippen LogP contribution in [0.15, 0.2) is 48.7 Å². The molecule has 1 fully saturated rings. The topological polar surface area (TPSA) is 105 Å². The Balaban J connectivity index is 1.46. The molecule has 0 spiro atoms. The lowest BCUT2D eigenvalue weighted by Gasteiger charge is -2.29. The van der Waals surface area contributed by atoms with Crippen LogP contribution in [0, 0.1) is 6.92 Å². The molecule has 1 amide bonds. The minimum atomic E-state index is -1.02. The Bertz CT molecular complexity index is 1120. The van der Waals surface area contributed by atoms with E-state index in [1.54, 1.807) is 42.4 Å². The number of carbonyl (C=O) groups is 1. The van der Waals surface area contributed by atoms with Crippen LogP contribution in [-0.4, -0.2) is 71.3 Å². The van der Waals surface area contributed by atoms with Crippen LogP contribution < -0.4 is 15.4 Å². The van der Waals surface area contributed by atoms with Crippen molar-refractivity contribution in [1.29, 1.82) is 0 Å². The maximum Gasteiger partial charge on any atom is 0.253 e. The first-order chi connectivity index (χ1) is 15.4. The largest absolute Gasteiger partial charge is 0.492 e. The highest BCUT2D eigenvalue weighted by Crippen LogP contribution is 2.31. The summed E-state index contributed by atoms with van der Waals surface area (Å²) >= 11 is 0. The number of anilines is 1. The second kappa shape index (κ2) is 9.10. The number of pyridine rings is 2. The quantitative estimate of drug-likeness (QED) is 0.585. The van der Waals surface area contributed by atoms with E-state index in [1.165, 1.54) is 0 Å². The van der Waals surface area contributed by atoms with Crippen molar-refractivity contribution >= 4 is 22.6 Å². The number of hydrogen-bond acceptors (Lipinski definition) is 7. The smallest absolute Gasteiger partial charge is 0.253 e. The number of ether oxygens (including phenoxy) is 1. The third-order valence-corrected chi connectivity index (χ3v) is 5.72. The van der Waals surface area contributed by atoms with Gasteiger partial charge in [0.1, 0.15) is 23.5 Å². The molecule has 1 aliphatic heterocycles. The summed E-state index contributed by atoms with van der Waals surface area (Å²) in [7, 11) is 1.71. The first kappa shape index (κ1) is 22.0. The summed E-state index contributed by atoms with van der Waals surface area (Å²) in [4.78, 5) is 25.7. The van der Waals surface area contributed by atoms with Gasteiger partial charge >= 0.3 is 0 Å². The third-order valence-electron chi connectivity index (χ3n) is 5.72. The van der Waals surface area contributed by atoms with Gasteiger partial charge in [0.15, 0.2) is 0 Å². The highest BCUT2D eigenvalue weighted by molar-refractivity contribution is 5.94. The lowest BCUT2D eigenvalue weighted by atomic mass is 10.0. The number of β-amino-alcohol motifs (C(OH)–C–C–N with tert-alkyl or cyclic N) is 1. The van der Waals surface area contributed by atoms with Crippen molar-refractivity contribution in [3.05, 3.63) is 59.9 Å². The van der Waals surface area contributed by atoms with Crippen LogP contribution in [-0.2, 0) is 0 Å². The highest BCUT2D eigenvalue weighted by Gasteiger charge is 2.38. The Hall–Kier alpha value is -3.23. The van der Waals surface area contributed by atoms with Crippen molar-refractivity contribution in [3.63, 3.8) is 0 Å². The van der Waals surface area contributed by atoms with E-state index in [0.717, 1.165) is 22.4 Å². The lowest BCUT2D eigenvalue weighted by Crippen LogP contribution is -2.45. The van der Waals surface area contributed by atoms with Gasteiger partial charge < -0.3 is 25.4 Å². The van der Waals surface area contributed by atoms with Gasteiger partial charge in [-0.1, -0.05) is 6.07 Å². The first-order valence-corrected chi connectivity index (χ1v) is 10.8. The number of aliphatic hydroxyl groups is 1. The highest BCUT2D eigenvalue weighted by atomic mass is 16.5. The number of benzene rings is 1. The van der Waals surface area contributed by atoms with Gasteiger partial charge in [-0.15, -0.1) is 0 Å². The average Bonchev–Trinajstić information content (AvgIpc) is 3.18. The standard InChI is InChI=1S/C24H29N5O3/c1-17-6-7-20-22(27-17)21(8-11-26-20)29-12-9-24(31,16-29)15-28(2)23(30)18-4-3-5-19(14-18)32-13-10-25/h3-8,11,14,31H,9-10,12-13,15-16,25H2,1-2H3. The molecule has 1 aliphatic rings. The summed E-state index contributed by atoms with van der Waals surface area (Å²) < 4.78 is 5.52. The van der Waals surface area contributed by atoms with E-state index in [0.29, 0.717) is 44.0 Å². The van der Waals surface area contributed by atoms with E-state index < -0.39 is 5.60 Å². The number of rotatable bonds is 7. The van der Waals surface area contributed by atoms with Crippen molar-refractivity contribution in [2.24, 2.45) is 5.73 Å². The van der Waals surface area contributed by atoms with Gasteiger partial charge in [-0.3, -0.25) is 9.78 Å². The molecular formula is C24H29N5O3. The zero-order chi connectivity index (χ0) is 22.7. The van der Waals surface area contributed by atoms with Gasteiger partial charge in [-0.2, -0.15) is 0 Å². The molecule has 0 bridgehead atoms. The number of aromatic nitrogens is 2. The van der Waals surface area contributed by atoms with Crippen LogP contribution in [0.5, 0.6) is 5.75 Å². The van der Waals surface area contributed by atoms with Crippen molar-refractivity contribution in [2.75, 3.05) is 44.7 Å². The number of likely N-dealkylation sites (N-methyl/N-ethyl adjacent to an activating group) is 1. The Morgan fingerprint density at radius 2 is 2.16 bits per heavy atom. The molecule has 32 heavy (non-hydrogen) atoms. The molecule has 3 N–H and O–H groups in total. The van der Waals surface area contributed by atoms with Crippen LogP contribution in [0.1, 0.15) is 22.5 Å². The number of fused-ring (bicyclic) bond motifs is 1. The number of hydrogen-bond donors (Lipinski definition) is 2. The summed E-state index contributed by atoms with van der Waals surface area (Å²) in [5.41, 5.74) is 8.51. The van der Waals surface area contributed by atoms with Crippen LogP contribution in [0.3, 0.4) is 0 Å². The molecule has 3 aromatic rings. The summed E-state index contributed by atoms with van der Waals surface area (Å²) in [6, 6.07) is 12.9. The number of amides is 1. The summed E-state index contributed by atoms with van der Waals surface area (Å²) in [6.07, 6.45) is 2.32. The fourth-order valence-corrected chi connectivity index (χ4v) is 4.18. The van der Waals surface area contributed by atoms with E-state index >= 15 is 0 Å². The second-order valence-corrected chi connectivity index (χ2v) is 8.37. The van der Waals surface area contributed by atoms with Crippen molar-refractivity contribution < 1.29 is 14.6 Å².